The van der Waals surface area contributed by atoms with Crippen LogP contribution in [0, 0.1) is 11.8 Å². The molecule has 1 aromatic rings. The number of hydrogen-bond acceptors (Lipinski definition) is 3. The smallest absolute Gasteiger partial charge is 0.253 e. The van der Waals surface area contributed by atoms with E-state index < -0.39 is 0 Å². The molecule has 20 heavy (non-hydrogen) atoms. The number of nitrogens with two attached hydrogens (primary N) is 1. The maximum absolute atomic E-state index is 12.5. The van der Waals surface area contributed by atoms with E-state index in [1.54, 1.807) is 6.07 Å². The van der Waals surface area contributed by atoms with Gasteiger partial charge in [-0.3, -0.25) is 10.6 Å². The number of benzene rings is 1. The summed E-state index contributed by atoms with van der Waals surface area (Å²) in [5.41, 5.74) is 3.87. The fraction of sp³-hybridized carbons (Fsp3) is 0.562. The Morgan fingerprint density at radius 2 is 1.95 bits per heavy atom. The first-order chi connectivity index (χ1) is 9.63. The van der Waals surface area contributed by atoms with Crippen molar-refractivity contribution < 1.29 is 4.79 Å². The third-order valence-electron chi connectivity index (χ3n) is 4.32. The number of hydrazine groups is 1. The minimum Gasteiger partial charge on any atom is -0.349 e. The van der Waals surface area contributed by atoms with Crippen LogP contribution >= 0.6 is 0 Å². The minimum absolute atomic E-state index is 0.0314. The Morgan fingerprint density at radius 3 is 2.65 bits per heavy atom. The summed E-state index contributed by atoms with van der Waals surface area (Å²) < 4.78 is 0. The van der Waals surface area contributed by atoms with E-state index in [1.165, 1.54) is 19.3 Å². The zero-order valence-electron chi connectivity index (χ0n) is 12.4. The molecule has 0 heterocycles. The van der Waals surface area contributed by atoms with E-state index in [2.05, 4.69) is 24.6 Å². The van der Waals surface area contributed by atoms with Crippen molar-refractivity contribution in [3.05, 3.63) is 29.8 Å². The molecule has 2 rings (SSSR count). The lowest BCUT2D eigenvalue weighted by Crippen LogP contribution is -2.44. The maximum atomic E-state index is 12.5. The number of para-hydroxylation sites is 1. The van der Waals surface area contributed by atoms with Crippen molar-refractivity contribution in [2.24, 2.45) is 17.7 Å². The van der Waals surface area contributed by atoms with Crippen LogP contribution in [-0.4, -0.2) is 11.9 Å². The zero-order chi connectivity index (χ0) is 14.5. The second kappa shape index (κ2) is 6.75. The van der Waals surface area contributed by atoms with Crippen LogP contribution in [-0.2, 0) is 0 Å². The maximum Gasteiger partial charge on any atom is 0.253 e. The highest BCUT2D eigenvalue weighted by Gasteiger charge is 2.29. The summed E-state index contributed by atoms with van der Waals surface area (Å²) in [4.78, 5) is 12.5. The van der Waals surface area contributed by atoms with Gasteiger partial charge in [-0.2, -0.15) is 0 Å². The molecule has 1 aromatic carbocycles. The molecule has 0 radical (unpaired) electrons. The van der Waals surface area contributed by atoms with Crippen LogP contribution in [0.2, 0.25) is 0 Å². The molecule has 1 aliphatic carbocycles. The van der Waals surface area contributed by atoms with Gasteiger partial charge in [0.15, 0.2) is 0 Å². The number of anilines is 1. The molecule has 1 aliphatic rings. The van der Waals surface area contributed by atoms with Crippen molar-refractivity contribution in [2.45, 2.75) is 45.6 Å². The molecule has 110 valence electrons. The molecule has 0 aromatic heterocycles. The number of nitrogen functional groups attached to an aromatic ring is 1. The fourth-order valence-corrected chi connectivity index (χ4v) is 3.19. The Balaban J connectivity index is 2.10. The molecule has 2 unspecified atom stereocenters. The van der Waals surface area contributed by atoms with Gasteiger partial charge >= 0.3 is 0 Å². The SMILES string of the molecule is CC(C)C1CCCCC1NC(=O)c1ccccc1NN. The van der Waals surface area contributed by atoms with Gasteiger partial charge in [0.25, 0.3) is 5.91 Å². The van der Waals surface area contributed by atoms with Gasteiger partial charge in [0, 0.05) is 6.04 Å². The van der Waals surface area contributed by atoms with E-state index >= 15 is 0 Å². The summed E-state index contributed by atoms with van der Waals surface area (Å²) in [6.45, 7) is 4.48. The van der Waals surface area contributed by atoms with E-state index in [0.29, 0.717) is 23.1 Å². The molecule has 2 atom stereocenters. The number of carbonyl (C=O) groups excluding carboxylic acids is 1. The monoisotopic (exact) mass is 275 g/mol. The second-order valence-electron chi connectivity index (χ2n) is 5.96. The van der Waals surface area contributed by atoms with Gasteiger partial charge in [0.1, 0.15) is 0 Å². The lowest BCUT2D eigenvalue weighted by atomic mass is 9.78. The molecule has 4 N–H and O–H groups in total. The molecule has 1 saturated carbocycles. The van der Waals surface area contributed by atoms with Gasteiger partial charge in [-0.05, 0) is 36.8 Å². The number of amides is 1. The van der Waals surface area contributed by atoms with E-state index in [1.807, 2.05) is 18.2 Å². The summed E-state index contributed by atoms with van der Waals surface area (Å²) in [5, 5.41) is 3.21. The molecular formula is C16H25N3O. The Morgan fingerprint density at radius 1 is 1.25 bits per heavy atom. The molecular weight excluding hydrogens is 250 g/mol. The van der Waals surface area contributed by atoms with E-state index in [9.17, 15) is 4.79 Å². The molecule has 0 aliphatic heterocycles. The van der Waals surface area contributed by atoms with Gasteiger partial charge < -0.3 is 10.7 Å². The first kappa shape index (κ1) is 14.9. The van der Waals surface area contributed by atoms with Crippen molar-refractivity contribution in [2.75, 3.05) is 5.43 Å². The first-order valence-corrected chi connectivity index (χ1v) is 7.50. The highest BCUT2D eigenvalue weighted by atomic mass is 16.1. The molecule has 1 amide bonds. The predicted molar refractivity (Wildman–Crippen MR) is 82.3 cm³/mol. The van der Waals surface area contributed by atoms with Crippen LogP contribution in [0.4, 0.5) is 5.69 Å². The van der Waals surface area contributed by atoms with E-state index in [4.69, 9.17) is 5.84 Å². The van der Waals surface area contributed by atoms with Crippen LogP contribution < -0.4 is 16.6 Å². The zero-order valence-corrected chi connectivity index (χ0v) is 12.4. The Bertz CT molecular complexity index is 459. The van der Waals surface area contributed by atoms with Crippen LogP contribution in [0.1, 0.15) is 49.9 Å². The van der Waals surface area contributed by atoms with Gasteiger partial charge in [-0.15, -0.1) is 0 Å². The molecule has 0 spiro atoms. The summed E-state index contributed by atoms with van der Waals surface area (Å²) in [6.07, 6.45) is 4.76. The summed E-state index contributed by atoms with van der Waals surface area (Å²) >= 11 is 0. The van der Waals surface area contributed by atoms with Gasteiger partial charge in [-0.25, -0.2) is 0 Å². The summed E-state index contributed by atoms with van der Waals surface area (Å²) in [5.74, 6) is 6.61. The molecule has 4 nitrogen and oxygen atoms in total. The Hall–Kier alpha value is -1.55. The number of hydrogen-bond donors (Lipinski definition) is 3. The van der Waals surface area contributed by atoms with Gasteiger partial charge in [0.2, 0.25) is 0 Å². The highest BCUT2D eigenvalue weighted by molar-refractivity contribution is 5.99. The average Bonchev–Trinajstić information content (AvgIpc) is 2.47. The molecule has 0 bridgehead atoms. The van der Waals surface area contributed by atoms with Crippen molar-refractivity contribution in [1.29, 1.82) is 0 Å². The Labute approximate surface area is 121 Å². The Kier molecular flexibility index (Phi) is 5.01. The first-order valence-electron chi connectivity index (χ1n) is 7.50. The normalized spacial score (nSPS) is 22.6. The topological polar surface area (TPSA) is 67.2 Å². The lowest BCUT2D eigenvalue weighted by Gasteiger charge is -2.35. The lowest BCUT2D eigenvalue weighted by molar-refractivity contribution is 0.0890. The van der Waals surface area contributed by atoms with E-state index in [-0.39, 0.29) is 11.9 Å². The van der Waals surface area contributed by atoms with Gasteiger partial charge in [0.05, 0.1) is 11.3 Å². The van der Waals surface area contributed by atoms with Crippen molar-refractivity contribution in [3.63, 3.8) is 0 Å². The van der Waals surface area contributed by atoms with Crippen molar-refractivity contribution >= 4 is 11.6 Å². The summed E-state index contributed by atoms with van der Waals surface area (Å²) in [6, 6.07) is 7.62. The molecule has 0 saturated heterocycles. The third kappa shape index (κ3) is 3.31. The summed E-state index contributed by atoms with van der Waals surface area (Å²) in [7, 11) is 0. The molecule has 1 fully saturated rings. The minimum atomic E-state index is -0.0314. The largest absolute Gasteiger partial charge is 0.349 e. The number of carbonyl (C=O) groups is 1. The average molecular weight is 275 g/mol. The van der Waals surface area contributed by atoms with E-state index in [0.717, 1.165) is 6.42 Å². The fourth-order valence-electron chi connectivity index (χ4n) is 3.19. The predicted octanol–water partition coefficient (Wildman–Crippen LogP) is 2.92. The number of rotatable bonds is 4. The number of nitrogens with one attached hydrogen (secondary N) is 2. The van der Waals surface area contributed by atoms with Crippen LogP contribution in [0.25, 0.3) is 0 Å². The highest BCUT2D eigenvalue weighted by Crippen LogP contribution is 2.30. The third-order valence-corrected chi connectivity index (χ3v) is 4.32. The quantitative estimate of drug-likeness (QED) is 0.584. The van der Waals surface area contributed by atoms with Crippen LogP contribution in [0.5, 0.6) is 0 Å². The molecule has 4 heteroatoms. The van der Waals surface area contributed by atoms with Crippen LogP contribution in [0.3, 0.4) is 0 Å². The van der Waals surface area contributed by atoms with Crippen molar-refractivity contribution in [1.82, 2.24) is 5.32 Å². The van der Waals surface area contributed by atoms with Crippen LogP contribution in [0.15, 0.2) is 24.3 Å². The standard InChI is InChI=1S/C16H25N3O/c1-11(2)12-7-3-5-9-14(12)18-16(20)13-8-4-6-10-15(13)19-17/h4,6,8,10-12,14,19H,3,5,7,9,17H2,1-2H3,(H,18,20). The second-order valence-corrected chi connectivity index (χ2v) is 5.96. The van der Waals surface area contributed by atoms with Gasteiger partial charge in [-0.1, -0.05) is 38.8 Å². The van der Waals surface area contributed by atoms with Crippen molar-refractivity contribution in [3.8, 4) is 0 Å².